The zero-order valence-corrected chi connectivity index (χ0v) is 10.1. The zero-order chi connectivity index (χ0) is 11.5. The molecule has 0 atom stereocenters. The summed E-state index contributed by atoms with van der Waals surface area (Å²) < 4.78 is 1.83. The van der Waals surface area contributed by atoms with Gasteiger partial charge < -0.3 is 5.73 Å². The van der Waals surface area contributed by atoms with Gasteiger partial charge in [0.15, 0.2) is 0 Å². The molecule has 1 saturated carbocycles. The van der Waals surface area contributed by atoms with Crippen LogP contribution in [0.25, 0.3) is 0 Å². The lowest BCUT2D eigenvalue weighted by Crippen LogP contribution is -2.21. The van der Waals surface area contributed by atoms with Gasteiger partial charge >= 0.3 is 0 Å². The quantitative estimate of drug-likeness (QED) is 0.623. The molecule has 1 aliphatic rings. The van der Waals surface area contributed by atoms with Crippen LogP contribution in [0.15, 0.2) is 11.2 Å². The van der Waals surface area contributed by atoms with Crippen LogP contribution in [0, 0.1) is 12.8 Å². The lowest BCUT2D eigenvalue weighted by Gasteiger charge is -2.07. The first-order valence-electron chi connectivity index (χ1n) is 5.95. The fourth-order valence-corrected chi connectivity index (χ4v) is 2.33. The number of hydrogen-bond acceptors (Lipinski definition) is 2. The molecule has 4 heteroatoms. The standard InChI is InChI=1S/C12H20N4/c1-9-11(8-16(2)15-9)7-14-12(13)10-5-3-4-6-10/h8,10H,3-7H2,1-2H3,(H2,13,14). The molecule has 0 spiro atoms. The Labute approximate surface area is 96.6 Å². The van der Waals surface area contributed by atoms with Gasteiger partial charge in [0.05, 0.1) is 18.1 Å². The van der Waals surface area contributed by atoms with Gasteiger partial charge in [-0.25, -0.2) is 0 Å². The Kier molecular flexibility index (Phi) is 3.27. The van der Waals surface area contributed by atoms with Crippen molar-refractivity contribution >= 4 is 5.84 Å². The van der Waals surface area contributed by atoms with E-state index >= 15 is 0 Å². The Morgan fingerprint density at radius 1 is 1.56 bits per heavy atom. The third-order valence-corrected chi connectivity index (χ3v) is 3.32. The maximum Gasteiger partial charge on any atom is 0.0972 e. The first kappa shape index (κ1) is 11.2. The van der Waals surface area contributed by atoms with Gasteiger partial charge in [0.25, 0.3) is 0 Å². The van der Waals surface area contributed by atoms with E-state index in [1.54, 1.807) is 0 Å². The molecule has 0 aliphatic heterocycles. The molecular weight excluding hydrogens is 200 g/mol. The number of aromatic nitrogens is 2. The van der Waals surface area contributed by atoms with Crippen molar-refractivity contribution < 1.29 is 0 Å². The fraction of sp³-hybridized carbons (Fsp3) is 0.667. The van der Waals surface area contributed by atoms with Crippen molar-refractivity contribution in [3.05, 3.63) is 17.5 Å². The molecule has 1 heterocycles. The van der Waals surface area contributed by atoms with Gasteiger partial charge in [0.1, 0.15) is 0 Å². The van der Waals surface area contributed by atoms with E-state index in [0.717, 1.165) is 11.5 Å². The third-order valence-electron chi connectivity index (χ3n) is 3.32. The van der Waals surface area contributed by atoms with E-state index in [1.165, 1.54) is 31.2 Å². The molecule has 1 aromatic heterocycles. The molecule has 1 fully saturated rings. The number of nitrogens with zero attached hydrogens (tertiary/aromatic N) is 3. The summed E-state index contributed by atoms with van der Waals surface area (Å²) in [6.07, 6.45) is 7.03. The summed E-state index contributed by atoms with van der Waals surface area (Å²) >= 11 is 0. The van der Waals surface area contributed by atoms with Crippen LogP contribution >= 0.6 is 0 Å². The van der Waals surface area contributed by atoms with Gasteiger partial charge in [-0.2, -0.15) is 5.10 Å². The highest BCUT2D eigenvalue weighted by atomic mass is 15.2. The van der Waals surface area contributed by atoms with Crippen molar-refractivity contribution in [3.8, 4) is 0 Å². The number of nitrogens with two attached hydrogens (primary N) is 1. The molecular formula is C12H20N4. The van der Waals surface area contributed by atoms with E-state index in [2.05, 4.69) is 10.1 Å². The molecule has 1 aliphatic carbocycles. The van der Waals surface area contributed by atoms with Crippen molar-refractivity contribution in [1.82, 2.24) is 9.78 Å². The Balaban J connectivity index is 1.99. The summed E-state index contributed by atoms with van der Waals surface area (Å²) in [5.74, 6) is 1.36. The molecule has 1 aromatic rings. The van der Waals surface area contributed by atoms with Crippen molar-refractivity contribution in [1.29, 1.82) is 0 Å². The Morgan fingerprint density at radius 2 is 2.25 bits per heavy atom. The number of amidine groups is 1. The normalized spacial score (nSPS) is 18.2. The van der Waals surface area contributed by atoms with Crippen LogP contribution in [0.4, 0.5) is 0 Å². The van der Waals surface area contributed by atoms with Gasteiger partial charge in [0.2, 0.25) is 0 Å². The lowest BCUT2D eigenvalue weighted by molar-refractivity contribution is 0.715. The molecule has 2 N–H and O–H groups in total. The second-order valence-corrected chi connectivity index (χ2v) is 4.64. The van der Waals surface area contributed by atoms with Crippen LogP contribution in [0.1, 0.15) is 36.9 Å². The summed E-state index contributed by atoms with van der Waals surface area (Å²) in [7, 11) is 1.93. The van der Waals surface area contributed by atoms with Crippen LogP contribution in [0.5, 0.6) is 0 Å². The van der Waals surface area contributed by atoms with Gasteiger partial charge in [-0.3, -0.25) is 9.67 Å². The second kappa shape index (κ2) is 4.68. The van der Waals surface area contributed by atoms with Gasteiger partial charge in [-0.05, 0) is 19.8 Å². The lowest BCUT2D eigenvalue weighted by atomic mass is 10.1. The summed E-state index contributed by atoms with van der Waals surface area (Å²) in [5.41, 5.74) is 8.22. The van der Waals surface area contributed by atoms with Crippen molar-refractivity contribution in [2.24, 2.45) is 23.7 Å². The van der Waals surface area contributed by atoms with Crippen LogP contribution in [-0.4, -0.2) is 15.6 Å². The minimum Gasteiger partial charge on any atom is -0.387 e. The van der Waals surface area contributed by atoms with E-state index in [-0.39, 0.29) is 0 Å². The van der Waals surface area contributed by atoms with Crippen molar-refractivity contribution in [2.75, 3.05) is 0 Å². The second-order valence-electron chi connectivity index (χ2n) is 4.64. The molecule has 0 amide bonds. The summed E-state index contributed by atoms with van der Waals surface area (Å²) in [6, 6.07) is 0. The van der Waals surface area contributed by atoms with Gasteiger partial charge in [-0.15, -0.1) is 0 Å². The first-order chi connectivity index (χ1) is 7.66. The molecule has 2 rings (SSSR count). The van der Waals surface area contributed by atoms with Crippen LogP contribution in [-0.2, 0) is 13.6 Å². The molecule has 0 bridgehead atoms. The number of rotatable bonds is 3. The molecule has 0 aromatic carbocycles. The molecule has 0 radical (unpaired) electrons. The highest BCUT2D eigenvalue weighted by molar-refractivity contribution is 5.83. The molecule has 16 heavy (non-hydrogen) atoms. The summed E-state index contributed by atoms with van der Waals surface area (Å²) in [4.78, 5) is 4.49. The topological polar surface area (TPSA) is 56.2 Å². The van der Waals surface area contributed by atoms with E-state index in [0.29, 0.717) is 12.5 Å². The number of aryl methyl sites for hydroxylation is 2. The van der Waals surface area contributed by atoms with Gasteiger partial charge in [0, 0.05) is 24.7 Å². The fourth-order valence-electron chi connectivity index (χ4n) is 2.33. The number of hydrogen-bond donors (Lipinski definition) is 1. The molecule has 88 valence electrons. The minimum absolute atomic E-state index is 0.525. The predicted molar refractivity (Wildman–Crippen MR) is 65.2 cm³/mol. The Morgan fingerprint density at radius 3 is 2.81 bits per heavy atom. The van der Waals surface area contributed by atoms with E-state index in [1.807, 2.05) is 24.9 Å². The monoisotopic (exact) mass is 220 g/mol. The Hall–Kier alpha value is -1.32. The molecule has 0 saturated heterocycles. The SMILES string of the molecule is Cc1nn(C)cc1CN=C(N)C1CCCC1. The first-order valence-corrected chi connectivity index (χ1v) is 5.95. The van der Waals surface area contributed by atoms with Gasteiger partial charge in [-0.1, -0.05) is 12.8 Å². The van der Waals surface area contributed by atoms with Crippen molar-refractivity contribution in [2.45, 2.75) is 39.2 Å². The summed E-state index contributed by atoms with van der Waals surface area (Å²) in [6.45, 7) is 2.68. The minimum atomic E-state index is 0.525. The zero-order valence-electron chi connectivity index (χ0n) is 10.1. The van der Waals surface area contributed by atoms with Crippen LogP contribution in [0.2, 0.25) is 0 Å². The highest BCUT2D eigenvalue weighted by Gasteiger charge is 2.18. The predicted octanol–water partition coefficient (Wildman–Crippen LogP) is 1.78. The highest BCUT2D eigenvalue weighted by Crippen LogP contribution is 2.24. The van der Waals surface area contributed by atoms with Crippen molar-refractivity contribution in [3.63, 3.8) is 0 Å². The average Bonchev–Trinajstić information content (AvgIpc) is 2.84. The molecule has 0 unspecified atom stereocenters. The maximum atomic E-state index is 6.01. The van der Waals surface area contributed by atoms with E-state index < -0.39 is 0 Å². The largest absolute Gasteiger partial charge is 0.387 e. The number of aliphatic imine (C=N–C) groups is 1. The maximum absolute atomic E-state index is 6.01. The summed E-state index contributed by atoms with van der Waals surface area (Å²) in [5, 5.41) is 4.29. The smallest absolute Gasteiger partial charge is 0.0972 e. The van der Waals surface area contributed by atoms with E-state index in [4.69, 9.17) is 5.73 Å². The Bertz CT molecular complexity index is 386. The third kappa shape index (κ3) is 2.43. The van der Waals surface area contributed by atoms with Crippen LogP contribution in [0.3, 0.4) is 0 Å². The van der Waals surface area contributed by atoms with E-state index in [9.17, 15) is 0 Å². The molecule has 4 nitrogen and oxygen atoms in total. The van der Waals surface area contributed by atoms with Crippen LogP contribution < -0.4 is 5.73 Å². The average molecular weight is 220 g/mol.